The third kappa shape index (κ3) is 9.15. The summed E-state index contributed by atoms with van der Waals surface area (Å²) < 4.78 is 5.30. The Morgan fingerprint density at radius 2 is 2.35 bits per heavy atom. The molecule has 8 heteroatoms. The van der Waals surface area contributed by atoms with Crippen LogP contribution in [0.4, 0.5) is 11.4 Å². The van der Waals surface area contributed by atoms with Crippen molar-refractivity contribution in [3.63, 3.8) is 0 Å². The van der Waals surface area contributed by atoms with Gasteiger partial charge in [0.1, 0.15) is 0 Å². The molecule has 0 spiro atoms. The SMILES string of the molecule is CN(C/C=C/C(=O)Nc1cccc(N)c1)CCOCCN=[N+]=[N-]. The highest BCUT2D eigenvalue weighted by molar-refractivity contribution is 5.99. The summed E-state index contributed by atoms with van der Waals surface area (Å²) in [7, 11) is 1.93. The van der Waals surface area contributed by atoms with Gasteiger partial charge in [0.05, 0.1) is 13.2 Å². The molecule has 0 aliphatic heterocycles. The van der Waals surface area contributed by atoms with Crippen molar-refractivity contribution in [2.45, 2.75) is 0 Å². The molecular formula is C15H22N6O2. The van der Waals surface area contributed by atoms with Gasteiger partial charge >= 0.3 is 0 Å². The minimum Gasteiger partial charge on any atom is -0.399 e. The molecule has 0 saturated carbocycles. The lowest BCUT2D eigenvalue weighted by molar-refractivity contribution is -0.111. The number of hydrogen-bond acceptors (Lipinski definition) is 5. The Balaban J connectivity index is 2.18. The number of nitrogens with two attached hydrogens (primary N) is 1. The fourth-order valence-corrected chi connectivity index (χ4v) is 1.70. The van der Waals surface area contributed by atoms with Crippen LogP contribution in [0.25, 0.3) is 10.4 Å². The molecule has 124 valence electrons. The van der Waals surface area contributed by atoms with Crippen LogP contribution in [-0.4, -0.2) is 50.7 Å². The summed E-state index contributed by atoms with van der Waals surface area (Å²) >= 11 is 0. The lowest BCUT2D eigenvalue weighted by atomic mass is 10.3. The van der Waals surface area contributed by atoms with Crippen LogP contribution < -0.4 is 11.1 Å². The average Bonchev–Trinajstić information content (AvgIpc) is 2.50. The first kappa shape index (κ1) is 18.5. The second-order valence-corrected chi connectivity index (χ2v) is 4.85. The van der Waals surface area contributed by atoms with E-state index in [9.17, 15) is 4.79 Å². The van der Waals surface area contributed by atoms with Crippen LogP contribution in [0.1, 0.15) is 0 Å². The largest absolute Gasteiger partial charge is 0.399 e. The fourth-order valence-electron chi connectivity index (χ4n) is 1.70. The molecule has 8 nitrogen and oxygen atoms in total. The number of nitrogen functional groups attached to an aromatic ring is 1. The Morgan fingerprint density at radius 1 is 1.52 bits per heavy atom. The molecule has 0 radical (unpaired) electrons. The van der Waals surface area contributed by atoms with Gasteiger partial charge in [0.15, 0.2) is 0 Å². The Hall–Kier alpha value is -2.54. The lowest BCUT2D eigenvalue weighted by Gasteiger charge is -2.13. The van der Waals surface area contributed by atoms with E-state index >= 15 is 0 Å². The van der Waals surface area contributed by atoms with Gasteiger partial charge in [0.2, 0.25) is 5.91 Å². The van der Waals surface area contributed by atoms with Crippen LogP contribution in [0.15, 0.2) is 41.5 Å². The summed E-state index contributed by atoms with van der Waals surface area (Å²) in [5, 5.41) is 6.12. The van der Waals surface area contributed by atoms with E-state index in [-0.39, 0.29) is 5.91 Å². The van der Waals surface area contributed by atoms with Gasteiger partial charge in [-0.3, -0.25) is 4.79 Å². The standard InChI is InChI=1S/C15H22N6O2/c1-21(9-11-23-10-7-18-20-17)8-3-6-15(22)19-14-5-2-4-13(16)12-14/h2-6,12H,7-11,16H2,1H3,(H,19,22)/b6-3+. The van der Waals surface area contributed by atoms with Crippen LogP contribution in [0.3, 0.4) is 0 Å². The molecular weight excluding hydrogens is 296 g/mol. The van der Waals surface area contributed by atoms with E-state index in [0.717, 1.165) is 6.54 Å². The monoisotopic (exact) mass is 318 g/mol. The molecule has 1 aromatic rings. The van der Waals surface area contributed by atoms with Crippen LogP contribution in [-0.2, 0) is 9.53 Å². The van der Waals surface area contributed by atoms with Crippen molar-refractivity contribution in [2.75, 3.05) is 50.9 Å². The van der Waals surface area contributed by atoms with Gasteiger partial charge in [-0.15, -0.1) is 0 Å². The van der Waals surface area contributed by atoms with Gasteiger partial charge in [-0.25, -0.2) is 0 Å². The second-order valence-electron chi connectivity index (χ2n) is 4.85. The van der Waals surface area contributed by atoms with E-state index in [1.807, 2.05) is 11.9 Å². The smallest absolute Gasteiger partial charge is 0.248 e. The molecule has 0 aliphatic rings. The van der Waals surface area contributed by atoms with Crippen LogP contribution in [0.2, 0.25) is 0 Å². The molecule has 1 aromatic carbocycles. The number of amides is 1. The van der Waals surface area contributed by atoms with Crippen LogP contribution in [0.5, 0.6) is 0 Å². The number of carbonyl (C=O) groups excluding carboxylic acids is 1. The summed E-state index contributed by atoms with van der Waals surface area (Å²) in [6, 6.07) is 7.02. The number of nitrogens with zero attached hydrogens (tertiary/aromatic N) is 4. The van der Waals surface area contributed by atoms with Crippen molar-refractivity contribution >= 4 is 17.3 Å². The van der Waals surface area contributed by atoms with Gasteiger partial charge in [-0.2, -0.15) is 0 Å². The van der Waals surface area contributed by atoms with E-state index in [1.165, 1.54) is 6.08 Å². The fraction of sp³-hybridized carbons (Fsp3) is 0.400. The van der Waals surface area contributed by atoms with Crippen molar-refractivity contribution in [3.05, 3.63) is 46.9 Å². The van der Waals surface area contributed by atoms with E-state index < -0.39 is 0 Å². The Bertz CT molecular complexity index is 569. The van der Waals surface area contributed by atoms with E-state index in [1.54, 1.807) is 30.3 Å². The number of ether oxygens (including phenoxy) is 1. The van der Waals surface area contributed by atoms with Crippen molar-refractivity contribution in [1.29, 1.82) is 0 Å². The Morgan fingerprint density at radius 3 is 3.09 bits per heavy atom. The number of likely N-dealkylation sites (N-methyl/N-ethyl adjacent to an activating group) is 1. The molecule has 23 heavy (non-hydrogen) atoms. The van der Waals surface area contributed by atoms with Gasteiger partial charge in [0, 0.05) is 42.0 Å². The first-order valence-corrected chi connectivity index (χ1v) is 7.22. The molecule has 3 N–H and O–H groups in total. The molecule has 0 bridgehead atoms. The van der Waals surface area contributed by atoms with Crippen molar-refractivity contribution in [3.8, 4) is 0 Å². The third-order valence-corrected chi connectivity index (χ3v) is 2.86. The van der Waals surface area contributed by atoms with Crippen molar-refractivity contribution in [2.24, 2.45) is 5.11 Å². The number of azide groups is 1. The third-order valence-electron chi connectivity index (χ3n) is 2.86. The van der Waals surface area contributed by atoms with E-state index in [4.69, 9.17) is 16.0 Å². The molecule has 0 unspecified atom stereocenters. The molecule has 0 fully saturated rings. The predicted molar refractivity (Wildman–Crippen MR) is 91.0 cm³/mol. The maximum Gasteiger partial charge on any atom is 0.248 e. The van der Waals surface area contributed by atoms with Crippen LogP contribution in [0, 0.1) is 0 Å². The second kappa shape index (κ2) is 11.1. The van der Waals surface area contributed by atoms with Crippen molar-refractivity contribution < 1.29 is 9.53 Å². The Kier molecular flexibility index (Phi) is 8.92. The molecule has 0 heterocycles. The minimum absolute atomic E-state index is 0.199. The summed E-state index contributed by atoms with van der Waals surface area (Å²) in [5.41, 5.74) is 15.0. The summed E-state index contributed by atoms with van der Waals surface area (Å²) in [6.45, 7) is 2.64. The zero-order valence-corrected chi connectivity index (χ0v) is 13.2. The Labute approximate surface area is 135 Å². The molecule has 0 aromatic heterocycles. The van der Waals surface area contributed by atoms with E-state index in [2.05, 4.69) is 15.3 Å². The maximum absolute atomic E-state index is 11.7. The number of hydrogen-bond donors (Lipinski definition) is 2. The summed E-state index contributed by atoms with van der Waals surface area (Å²) in [4.78, 5) is 16.4. The summed E-state index contributed by atoms with van der Waals surface area (Å²) in [5.74, 6) is -0.199. The topological polar surface area (TPSA) is 116 Å². The maximum atomic E-state index is 11.7. The minimum atomic E-state index is -0.199. The highest BCUT2D eigenvalue weighted by Crippen LogP contribution is 2.11. The summed E-state index contributed by atoms with van der Waals surface area (Å²) in [6.07, 6.45) is 3.27. The molecule has 1 rings (SSSR count). The molecule has 0 saturated heterocycles. The van der Waals surface area contributed by atoms with E-state index in [0.29, 0.717) is 37.7 Å². The van der Waals surface area contributed by atoms with Crippen molar-refractivity contribution in [1.82, 2.24) is 4.90 Å². The highest BCUT2D eigenvalue weighted by atomic mass is 16.5. The number of nitrogens with one attached hydrogen (secondary N) is 1. The van der Waals surface area contributed by atoms with Gasteiger partial charge in [0.25, 0.3) is 0 Å². The zero-order chi connectivity index (χ0) is 16.9. The van der Waals surface area contributed by atoms with Gasteiger partial charge < -0.3 is 20.7 Å². The highest BCUT2D eigenvalue weighted by Gasteiger charge is 1.99. The molecule has 0 atom stereocenters. The molecule has 0 aliphatic carbocycles. The first-order valence-electron chi connectivity index (χ1n) is 7.22. The van der Waals surface area contributed by atoms with Crippen LogP contribution >= 0.6 is 0 Å². The normalized spacial score (nSPS) is 10.7. The number of carbonyl (C=O) groups is 1. The number of anilines is 2. The number of benzene rings is 1. The molecule has 1 amide bonds. The van der Waals surface area contributed by atoms with Gasteiger partial charge in [-0.1, -0.05) is 17.3 Å². The first-order chi connectivity index (χ1) is 11.1. The average molecular weight is 318 g/mol. The number of rotatable bonds is 10. The van der Waals surface area contributed by atoms with Gasteiger partial charge in [-0.05, 0) is 30.8 Å². The quantitative estimate of drug-likeness (QED) is 0.171. The zero-order valence-electron chi connectivity index (χ0n) is 13.2. The predicted octanol–water partition coefficient (Wildman–Crippen LogP) is 2.02. The lowest BCUT2D eigenvalue weighted by Crippen LogP contribution is -2.24.